The van der Waals surface area contributed by atoms with Crippen LogP contribution in [0.15, 0.2) is 48.5 Å². The number of carbonyl (C=O) groups is 1. The highest BCUT2D eigenvalue weighted by Crippen LogP contribution is 2.35. The summed E-state index contributed by atoms with van der Waals surface area (Å²) in [6, 6.07) is 17.1. The SMILES string of the molecule is C[C@]12CCC[C@H](Nc3ccccc3C/C=c3\c(=C4\CNC(=O)C4)c4ccccc4n31)O2. The van der Waals surface area contributed by atoms with Crippen LogP contribution in [0.3, 0.4) is 0 Å². The van der Waals surface area contributed by atoms with Gasteiger partial charge in [0.25, 0.3) is 0 Å². The molecular formula is C26H27N3O2. The Morgan fingerprint density at radius 1 is 1.13 bits per heavy atom. The Morgan fingerprint density at radius 3 is 2.84 bits per heavy atom. The van der Waals surface area contributed by atoms with Crippen molar-refractivity contribution in [3.8, 4) is 0 Å². The standard InChI is InChI=1S/C26H27N3O2/c1-26-14-6-11-24(31-26)28-20-9-4-2-7-17(20)12-13-22-25(18-15-23(30)27-16-18)19-8-3-5-10-21(19)29(22)26/h2-5,7-10,13,24,28H,6,11-12,14-16H2,1H3,(H,27,30)/b22-13+,25-18+/t24-,26+/m1/s1. The molecule has 0 saturated carbocycles. The molecule has 1 aromatic heterocycles. The van der Waals surface area contributed by atoms with Crippen molar-refractivity contribution in [1.29, 1.82) is 0 Å². The molecule has 31 heavy (non-hydrogen) atoms. The second kappa shape index (κ2) is 6.99. The number of hydrogen-bond donors (Lipinski definition) is 2. The number of fused-ring (bicyclic) bond motifs is 7. The van der Waals surface area contributed by atoms with Gasteiger partial charge in [0.2, 0.25) is 5.91 Å². The molecule has 3 aliphatic heterocycles. The van der Waals surface area contributed by atoms with E-state index in [1.54, 1.807) is 0 Å². The lowest BCUT2D eigenvalue weighted by molar-refractivity contribution is -0.157. The van der Waals surface area contributed by atoms with Crippen LogP contribution in [0.4, 0.5) is 5.69 Å². The number of anilines is 1. The zero-order valence-corrected chi connectivity index (χ0v) is 17.8. The Labute approximate surface area is 181 Å². The molecule has 2 fully saturated rings. The van der Waals surface area contributed by atoms with Crippen molar-refractivity contribution in [1.82, 2.24) is 9.88 Å². The predicted molar refractivity (Wildman–Crippen MR) is 123 cm³/mol. The topological polar surface area (TPSA) is 55.3 Å². The van der Waals surface area contributed by atoms with Crippen molar-refractivity contribution in [2.75, 3.05) is 11.9 Å². The molecule has 6 rings (SSSR count). The number of aromatic nitrogens is 1. The van der Waals surface area contributed by atoms with Gasteiger partial charge in [-0.05, 0) is 55.9 Å². The maximum Gasteiger partial charge on any atom is 0.224 e. The van der Waals surface area contributed by atoms with Gasteiger partial charge in [0, 0.05) is 28.2 Å². The average Bonchev–Trinajstić information content (AvgIpc) is 3.33. The molecule has 5 nitrogen and oxygen atoms in total. The van der Waals surface area contributed by atoms with E-state index in [0.29, 0.717) is 13.0 Å². The molecule has 2 atom stereocenters. The van der Waals surface area contributed by atoms with Crippen molar-refractivity contribution in [3.63, 3.8) is 0 Å². The summed E-state index contributed by atoms with van der Waals surface area (Å²) in [6.45, 7) is 2.83. The van der Waals surface area contributed by atoms with Crippen LogP contribution >= 0.6 is 0 Å². The molecule has 2 saturated heterocycles. The van der Waals surface area contributed by atoms with E-state index in [9.17, 15) is 4.79 Å². The van der Waals surface area contributed by atoms with Crippen LogP contribution in [0, 0.1) is 0 Å². The molecule has 3 aliphatic rings. The van der Waals surface area contributed by atoms with Crippen molar-refractivity contribution in [2.24, 2.45) is 0 Å². The van der Waals surface area contributed by atoms with Gasteiger partial charge in [0.1, 0.15) is 12.0 Å². The van der Waals surface area contributed by atoms with E-state index < -0.39 is 5.72 Å². The number of benzene rings is 2. The minimum Gasteiger partial charge on any atom is -0.360 e. The highest BCUT2D eigenvalue weighted by molar-refractivity contribution is 5.93. The number of rotatable bonds is 0. The third-order valence-corrected chi connectivity index (χ3v) is 6.96. The number of ether oxygens (including phenoxy) is 1. The number of hydrogen-bond acceptors (Lipinski definition) is 3. The Bertz CT molecular complexity index is 1320. The summed E-state index contributed by atoms with van der Waals surface area (Å²) in [6.07, 6.45) is 6.63. The highest BCUT2D eigenvalue weighted by atomic mass is 16.5. The molecule has 2 N–H and O–H groups in total. The van der Waals surface area contributed by atoms with Crippen molar-refractivity contribution in [2.45, 2.75) is 51.0 Å². The Morgan fingerprint density at radius 2 is 1.97 bits per heavy atom. The minimum absolute atomic E-state index is 0.0298. The lowest BCUT2D eigenvalue weighted by Gasteiger charge is -2.41. The zero-order valence-electron chi connectivity index (χ0n) is 17.8. The fourth-order valence-corrected chi connectivity index (χ4v) is 5.56. The molecule has 2 aromatic carbocycles. The number of nitrogens with one attached hydrogen (secondary N) is 2. The second-order valence-electron chi connectivity index (χ2n) is 9.05. The molecule has 0 aliphatic carbocycles. The number of nitrogens with zero attached hydrogens (tertiary/aromatic N) is 1. The van der Waals surface area contributed by atoms with E-state index in [-0.39, 0.29) is 12.1 Å². The molecule has 3 aromatic rings. The Kier molecular flexibility index (Phi) is 4.22. The highest BCUT2D eigenvalue weighted by Gasteiger charge is 2.37. The van der Waals surface area contributed by atoms with Crippen LogP contribution in [-0.2, 0) is 21.7 Å². The normalized spacial score (nSPS) is 28.1. The second-order valence-corrected chi connectivity index (χ2v) is 9.05. The smallest absolute Gasteiger partial charge is 0.224 e. The Hall–Kier alpha value is -3.05. The van der Waals surface area contributed by atoms with E-state index in [1.807, 2.05) is 0 Å². The monoisotopic (exact) mass is 413 g/mol. The summed E-state index contributed by atoms with van der Waals surface area (Å²) < 4.78 is 9.18. The van der Waals surface area contributed by atoms with Gasteiger partial charge < -0.3 is 19.9 Å². The van der Waals surface area contributed by atoms with E-state index in [0.717, 1.165) is 31.4 Å². The van der Waals surface area contributed by atoms with E-state index in [2.05, 4.69) is 76.7 Å². The summed E-state index contributed by atoms with van der Waals surface area (Å²) in [7, 11) is 0. The quantitative estimate of drug-likeness (QED) is 0.596. The average molecular weight is 414 g/mol. The van der Waals surface area contributed by atoms with Crippen LogP contribution in [0.5, 0.6) is 0 Å². The summed E-state index contributed by atoms with van der Waals surface area (Å²) in [5.41, 5.74) is 4.29. The molecular weight excluding hydrogens is 386 g/mol. The maximum absolute atomic E-state index is 12.1. The summed E-state index contributed by atoms with van der Waals surface area (Å²) in [4.78, 5) is 12.1. The first-order valence-electron chi connectivity index (χ1n) is 11.2. The van der Waals surface area contributed by atoms with Crippen LogP contribution in [0.2, 0.25) is 0 Å². The van der Waals surface area contributed by atoms with Crippen LogP contribution < -0.4 is 21.2 Å². The lowest BCUT2D eigenvalue weighted by Crippen LogP contribution is -2.49. The summed E-state index contributed by atoms with van der Waals surface area (Å²) in [5, 5.41) is 10.2. The number of para-hydroxylation sites is 2. The van der Waals surface area contributed by atoms with Crippen LogP contribution in [0.1, 0.15) is 38.2 Å². The first-order valence-corrected chi connectivity index (χ1v) is 11.2. The first-order chi connectivity index (χ1) is 15.1. The summed E-state index contributed by atoms with van der Waals surface area (Å²) >= 11 is 0. The number of amides is 1. The van der Waals surface area contributed by atoms with Gasteiger partial charge in [-0.3, -0.25) is 4.79 Å². The van der Waals surface area contributed by atoms with Gasteiger partial charge in [-0.25, -0.2) is 0 Å². The fourth-order valence-electron chi connectivity index (χ4n) is 5.56. The van der Waals surface area contributed by atoms with E-state index in [1.165, 1.54) is 32.6 Å². The first kappa shape index (κ1) is 18.7. The van der Waals surface area contributed by atoms with Crippen molar-refractivity contribution < 1.29 is 9.53 Å². The zero-order chi connectivity index (χ0) is 21.0. The molecule has 0 unspecified atom stereocenters. The fraction of sp³-hybridized carbons (Fsp3) is 0.346. The maximum atomic E-state index is 12.1. The number of carbonyl (C=O) groups excluding carboxylic acids is 1. The largest absolute Gasteiger partial charge is 0.360 e. The lowest BCUT2D eigenvalue weighted by atomic mass is 10.0. The van der Waals surface area contributed by atoms with Gasteiger partial charge in [-0.1, -0.05) is 42.5 Å². The van der Waals surface area contributed by atoms with Gasteiger partial charge in [0.05, 0.1) is 11.9 Å². The molecule has 5 heteroatoms. The third-order valence-electron chi connectivity index (χ3n) is 6.96. The van der Waals surface area contributed by atoms with E-state index >= 15 is 0 Å². The minimum atomic E-state index is -0.456. The van der Waals surface area contributed by atoms with Gasteiger partial charge in [0.15, 0.2) is 0 Å². The van der Waals surface area contributed by atoms with Gasteiger partial charge in [-0.15, -0.1) is 0 Å². The summed E-state index contributed by atoms with van der Waals surface area (Å²) in [5.74, 6) is 0.105. The van der Waals surface area contributed by atoms with Crippen molar-refractivity contribution in [3.05, 3.63) is 64.7 Å². The van der Waals surface area contributed by atoms with Crippen LogP contribution in [0.25, 0.3) is 22.6 Å². The Balaban J connectivity index is 1.73. The van der Waals surface area contributed by atoms with Gasteiger partial charge >= 0.3 is 0 Å². The predicted octanol–water partition coefficient (Wildman–Crippen LogP) is 2.96. The van der Waals surface area contributed by atoms with Gasteiger partial charge in [-0.2, -0.15) is 0 Å². The molecule has 158 valence electrons. The third kappa shape index (κ3) is 2.99. The van der Waals surface area contributed by atoms with E-state index in [4.69, 9.17) is 4.74 Å². The molecule has 1 amide bonds. The van der Waals surface area contributed by atoms with Crippen LogP contribution in [-0.4, -0.2) is 23.2 Å². The van der Waals surface area contributed by atoms with Crippen molar-refractivity contribution >= 4 is 34.1 Å². The molecule has 0 spiro atoms. The molecule has 4 heterocycles. The molecule has 2 bridgehead atoms. The molecule has 0 radical (unpaired) electrons.